The van der Waals surface area contributed by atoms with E-state index in [0.29, 0.717) is 6.54 Å². The molecule has 0 saturated carbocycles. The molecule has 4 heteroatoms. The standard InChI is InChI=1S/C12H19N3O/c1-3-10(8-13)12(16)15-9(2)11-6-4-5-7-14-11/h4-7,9-10H,3,8,13H2,1-2H3,(H,15,16). The molecule has 0 aliphatic rings. The highest BCUT2D eigenvalue weighted by Gasteiger charge is 2.17. The Hall–Kier alpha value is -1.42. The summed E-state index contributed by atoms with van der Waals surface area (Å²) in [6.07, 6.45) is 2.48. The Bertz CT molecular complexity index is 322. The third-order valence-corrected chi connectivity index (χ3v) is 2.64. The van der Waals surface area contributed by atoms with Gasteiger partial charge in [-0.3, -0.25) is 9.78 Å². The summed E-state index contributed by atoms with van der Waals surface area (Å²) in [6.45, 7) is 4.27. The largest absolute Gasteiger partial charge is 0.348 e. The minimum Gasteiger partial charge on any atom is -0.348 e. The number of carbonyl (C=O) groups is 1. The summed E-state index contributed by atoms with van der Waals surface area (Å²) in [6, 6.07) is 5.58. The zero-order chi connectivity index (χ0) is 12.0. The van der Waals surface area contributed by atoms with Gasteiger partial charge in [-0.1, -0.05) is 13.0 Å². The molecule has 0 radical (unpaired) electrons. The smallest absolute Gasteiger partial charge is 0.224 e. The summed E-state index contributed by atoms with van der Waals surface area (Å²) in [5.74, 6) is -0.102. The molecule has 3 N–H and O–H groups in total. The molecular formula is C12H19N3O. The number of rotatable bonds is 5. The van der Waals surface area contributed by atoms with E-state index in [-0.39, 0.29) is 17.9 Å². The number of nitrogens with two attached hydrogens (primary N) is 1. The highest BCUT2D eigenvalue weighted by Crippen LogP contribution is 2.10. The molecule has 1 heterocycles. The lowest BCUT2D eigenvalue weighted by molar-refractivity contribution is -0.125. The average molecular weight is 221 g/mol. The van der Waals surface area contributed by atoms with Crippen molar-refractivity contribution in [1.29, 1.82) is 0 Å². The summed E-state index contributed by atoms with van der Waals surface area (Å²) in [7, 11) is 0. The minimum absolute atomic E-state index is 0.00292. The summed E-state index contributed by atoms with van der Waals surface area (Å²) >= 11 is 0. The van der Waals surface area contributed by atoms with Gasteiger partial charge in [-0.2, -0.15) is 0 Å². The quantitative estimate of drug-likeness (QED) is 0.786. The number of hydrogen-bond donors (Lipinski definition) is 2. The van der Waals surface area contributed by atoms with Gasteiger partial charge in [0, 0.05) is 18.7 Å². The monoisotopic (exact) mass is 221 g/mol. The first-order chi connectivity index (χ1) is 7.69. The van der Waals surface area contributed by atoms with Crippen LogP contribution in [0.4, 0.5) is 0 Å². The molecule has 0 spiro atoms. The predicted octanol–water partition coefficient (Wildman–Crippen LogP) is 1.24. The minimum atomic E-state index is -0.105. The van der Waals surface area contributed by atoms with Gasteiger partial charge in [0.15, 0.2) is 0 Å². The lowest BCUT2D eigenvalue weighted by atomic mass is 10.1. The van der Waals surface area contributed by atoms with Crippen molar-refractivity contribution in [2.75, 3.05) is 6.54 Å². The van der Waals surface area contributed by atoms with E-state index in [9.17, 15) is 4.79 Å². The molecule has 16 heavy (non-hydrogen) atoms. The molecule has 0 fully saturated rings. The highest BCUT2D eigenvalue weighted by atomic mass is 16.1. The molecule has 0 aromatic carbocycles. The van der Waals surface area contributed by atoms with Crippen molar-refractivity contribution in [1.82, 2.24) is 10.3 Å². The fraction of sp³-hybridized carbons (Fsp3) is 0.500. The van der Waals surface area contributed by atoms with Crippen LogP contribution in [0.3, 0.4) is 0 Å². The van der Waals surface area contributed by atoms with Gasteiger partial charge in [-0.25, -0.2) is 0 Å². The maximum absolute atomic E-state index is 11.8. The molecule has 2 atom stereocenters. The molecule has 1 aromatic heterocycles. The van der Waals surface area contributed by atoms with Gasteiger partial charge < -0.3 is 11.1 Å². The van der Waals surface area contributed by atoms with E-state index in [4.69, 9.17) is 5.73 Å². The molecule has 0 aliphatic carbocycles. The third kappa shape index (κ3) is 3.31. The van der Waals surface area contributed by atoms with Gasteiger partial charge >= 0.3 is 0 Å². The van der Waals surface area contributed by atoms with Gasteiger partial charge in [0.05, 0.1) is 11.7 Å². The molecule has 88 valence electrons. The predicted molar refractivity (Wildman–Crippen MR) is 63.6 cm³/mol. The van der Waals surface area contributed by atoms with Crippen molar-refractivity contribution >= 4 is 5.91 Å². The number of aromatic nitrogens is 1. The number of pyridine rings is 1. The number of nitrogens with one attached hydrogen (secondary N) is 1. The molecule has 1 amide bonds. The number of amides is 1. The second-order valence-electron chi connectivity index (χ2n) is 3.83. The van der Waals surface area contributed by atoms with Crippen LogP contribution < -0.4 is 11.1 Å². The fourth-order valence-corrected chi connectivity index (χ4v) is 1.50. The van der Waals surface area contributed by atoms with E-state index < -0.39 is 0 Å². The van der Waals surface area contributed by atoms with Gasteiger partial charge in [-0.15, -0.1) is 0 Å². The second kappa shape index (κ2) is 6.23. The van der Waals surface area contributed by atoms with Crippen LogP contribution in [-0.2, 0) is 4.79 Å². The Labute approximate surface area is 96.3 Å². The van der Waals surface area contributed by atoms with Crippen molar-refractivity contribution < 1.29 is 4.79 Å². The first-order valence-corrected chi connectivity index (χ1v) is 5.60. The molecule has 0 aliphatic heterocycles. The van der Waals surface area contributed by atoms with E-state index in [1.54, 1.807) is 6.20 Å². The summed E-state index contributed by atoms with van der Waals surface area (Å²) in [5, 5.41) is 2.92. The fourth-order valence-electron chi connectivity index (χ4n) is 1.50. The van der Waals surface area contributed by atoms with Crippen LogP contribution in [0, 0.1) is 5.92 Å². The molecule has 2 unspecified atom stereocenters. The van der Waals surface area contributed by atoms with Crippen molar-refractivity contribution in [2.45, 2.75) is 26.3 Å². The van der Waals surface area contributed by atoms with E-state index >= 15 is 0 Å². The Kier molecular flexibility index (Phi) is 4.92. The normalized spacial score (nSPS) is 14.2. The van der Waals surface area contributed by atoms with Crippen LogP contribution in [0.15, 0.2) is 24.4 Å². The zero-order valence-electron chi connectivity index (χ0n) is 9.81. The Balaban J connectivity index is 2.58. The van der Waals surface area contributed by atoms with Crippen LogP contribution in [0.25, 0.3) is 0 Å². The maximum atomic E-state index is 11.8. The molecule has 1 rings (SSSR count). The zero-order valence-corrected chi connectivity index (χ0v) is 9.81. The van der Waals surface area contributed by atoms with Crippen molar-refractivity contribution in [3.05, 3.63) is 30.1 Å². The Morgan fingerprint density at radius 2 is 2.31 bits per heavy atom. The van der Waals surface area contributed by atoms with E-state index in [1.165, 1.54) is 0 Å². The van der Waals surface area contributed by atoms with Crippen LogP contribution >= 0.6 is 0 Å². The van der Waals surface area contributed by atoms with Gasteiger partial charge in [0.25, 0.3) is 0 Å². The number of hydrogen-bond acceptors (Lipinski definition) is 3. The van der Waals surface area contributed by atoms with Gasteiger partial charge in [0.2, 0.25) is 5.91 Å². The lowest BCUT2D eigenvalue weighted by Crippen LogP contribution is -2.36. The van der Waals surface area contributed by atoms with Crippen molar-refractivity contribution in [3.63, 3.8) is 0 Å². The maximum Gasteiger partial charge on any atom is 0.224 e. The van der Waals surface area contributed by atoms with Crippen LogP contribution in [-0.4, -0.2) is 17.4 Å². The summed E-state index contributed by atoms with van der Waals surface area (Å²) < 4.78 is 0. The molecule has 1 aromatic rings. The summed E-state index contributed by atoms with van der Waals surface area (Å²) in [4.78, 5) is 16.0. The van der Waals surface area contributed by atoms with Crippen molar-refractivity contribution in [3.8, 4) is 0 Å². The molecule has 0 bridgehead atoms. The first-order valence-electron chi connectivity index (χ1n) is 5.60. The second-order valence-corrected chi connectivity index (χ2v) is 3.83. The van der Waals surface area contributed by atoms with E-state index in [2.05, 4.69) is 10.3 Å². The van der Waals surface area contributed by atoms with Crippen LogP contribution in [0.2, 0.25) is 0 Å². The lowest BCUT2D eigenvalue weighted by Gasteiger charge is -2.17. The number of carbonyl (C=O) groups excluding carboxylic acids is 1. The average Bonchev–Trinajstić information content (AvgIpc) is 2.31. The van der Waals surface area contributed by atoms with Crippen LogP contribution in [0.5, 0.6) is 0 Å². The molecule has 0 saturated heterocycles. The van der Waals surface area contributed by atoms with E-state index in [0.717, 1.165) is 12.1 Å². The first kappa shape index (κ1) is 12.6. The SMILES string of the molecule is CCC(CN)C(=O)NC(C)c1ccccn1. The van der Waals surface area contributed by atoms with Gasteiger partial charge in [-0.05, 0) is 25.5 Å². The number of nitrogens with zero attached hydrogens (tertiary/aromatic N) is 1. The van der Waals surface area contributed by atoms with Gasteiger partial charge in [0.1, 0.15) is 0 Å². The van der Waals surface area contributed by atoms with Crippen molar-refractivity contribution in [2.24, 2.45) is 11.7 Å². The van der Waals surface area contributed by atoms with Crippen LogP contribution in [0.1, 0.15) is 32.0 Å². The topological polar surface area (TPSA) is 68.0 Å². The third-order valence-electron chi connectivity index (χ3n) is 2.64. The summed E-state index contributed by atoms with van der Waals surface area (Å²) in [5.41, 5.74) is 6.39. The highest BCUT2D eigenvalue weighted by molar-refractivity contribution is 5.79. The van der Waals surface area contributed by atoms with E-state index in [1.807, 2.05) is 32.0 Å². The Morgan fingerprint density at radius 3 is 2.81 bits per heavy atom. The molecular weight excluding hydrogens is 202 g/mol. The Morgan fingerprint density at radius 1 is 1.56 bits per heavy atom. The molecule has 4 nitrogen and oxygen atoms in total.